The third-order valence-corrected chi connectivity index (χ3v) is 1.26. The molecule has 0 saturated heterocycles. The van der Waals surface area contributed by atoms with Crippen molar-refractivity contribution in [2.75, 3.05) is 0 Å². The van der Waals surface area contributed by atoms with Crippen molar-refractivity contribution in [1.29, 1.82) is 0 Å². The highest BCUT2D eigenvalue weighted by Crippen LogP contribution is 2.01. The maximum atomic E-state index is 10.9. The Morgan fingerprint density at radius 2 is 2.22 bits per heavy atom. The maximum Gasteiger partial charge on any atom is 0.129 e. The molecule has 0 saturated carbocycles. The summed E-state index contributed by atoms with van der Waals surface area (Å²) in [6.45, 7) is -0.308. The highest BCUT2D eigenvalue weighted by molar-refractivity contribution is 5.75. The largest absolute Gasteiger partial charge is 0.300 e. The van der Waals surface area contributed by atoms with Crippen LogP contribution >= 0.6 is 0 Å². The van der Waals surface area contributed by atoms with E-state index in [0.717, 1.165) is 19.3 Å². The number of ketones is 1. The van der Waals surface area contributed by atoms with Gasteiger partial charge in [-0.1, -0.05) is 26.2 Å². The van der Waals surface area contributed by atoms with Gasteiger partial charge in [-0.15, -0.1) is 0 Å². The zero-order valence-electron chi connectivity index (χ0n) is 8.94. The van der Waals surface area contributed by atoms with Gasteiger partial charge < -0.3 is 4.79 Å². The normalized spacial score (nSPS) is 15.9. The van der Waals surface area contributed by atoms with Gasteiger partial charge in [-0.2, -0.15) is 0 Å². The zero-order chi connectivity index (χ0) is 9.61. The fourth-order valence-electron chi connectivity index (χ4n) is 0.712. The lowest BCUT2D eigenvalue weighted by atomic mass is 10.1. The first-order valence-corrected chi connectivity index (χ1v) is 3.51. The van der Waals surface area contributed by atoms with Gasteiger partial charge in [-0.25, -0.2) is 0 Å². The molecule has 1 heteroatoms. The van der Waals surface area contributed by atoms with Gasteiger partial charge in [-0.05, 0) is 13.3 Å². The van der Waals surface area contributed by atoms with Crippen molar-refractivity contribution >= 4 is 5.78 Å². The van der Waals surface area contributed by atoms with Crippen LogP contribution in [0.3, 0.4) is 0 Å². The topological polar surface area (TPSA) is 17.1 Å². The van der Waals surface area contributed by atoms with Gasteiger partial charge in [0, 0.05) is 10.5 Å². The number of unbranched alkanes of at least 4 members (excludes halogenated alkanes) is 3. The molecular formula is C8H16O. The number of carbonyl (C=O) groups excluding carboxylic acids is 1. The SMILES string of the molecule is [2H]C([2H])([2H])C(=O)CCCCCC. The Kier molecular flexibility index (Phi) is 2.89. The van der Waals surface area contributed by atoms with Crippen molar-refractivity contribution in [3.8, 4) is 0 Å². The van der Waals surface area contributed by atoms with Crippen LogP contribution in [0.4, 0.5) is 0 Å². The summed E-state index contributed by atoms with van der Waals surface area (Å²) in [7, 11) is 0. The van der Waals surface area contributed by atoms with E-state index in [1.54, 1.807) is 0 Å². The summed E-state index contributed by atoms with van der Waals surface area (Å²) in [6.07, 6.45) is 4.05. The number of hydrogen-bond donors (Lipinski definition) is 0. The second-order valence-electron chi connectivity index (χ2n) is 2.23. The molecule has 0 aliphatic carbocycles. The van der Waals surface area contributed by atoms with Gasteiger partial charge in [0.25, 0.3) is 0 Å². The summed E-state index contributed by atoms with van der Waals surface area (Å²) in [5.74, 6) is -0.599. The lowest BCUT2D eigenvalue weighted by molar-refractivity contribution is -0.117. The molecule has 0 aromatic rings. The third-order valence-electron chi connectivity index (χ3n) is 1.26. The van der Waals surface area contributed by atoms with Gasteiger partial charge in [0.15, 0.2) is 0 Å². The molecule has 0 heterocycles. The van der Waals surface area contributed by atoms with E-state index in [9.17, 15) is 4.79 Å². The molecule has 0 aliphatic heterocycles. The van der Waals surface area contributed by atoms with Crippen molar-refractivity contribution < 1.29 is 8.91 Å². The van der Waals surface area contributed by atoms with Crippen LogP contribution in [0, 0.1) is 0 Å². The molecule has 1 nitrogen and oxygen atoms in total. The lowest BCUT2D eigenvalue weighted by Crippen LogP contribution is -1.88. The Morgan fingerprint density at radius 3 is 2.78 bits per heavy atom. The molecule has 54 valence electrons. The zero-order valence-corrected chi connectivity index (χ0v) is 5.94. The van der Waals surface area contributed by atoms with Crippen LogP contribution in [-0.4, -0.2) is 5.78 Å². The molecule has 0 N–H and O–H groups in total. The molecule has 0 aliphatic rings. The number of rotatable bonds is 5. The van der Waals surface area contributed by atoms with Crippen LogP contribution < -0.4 is 0 Å². The predicted molar refractivity (Wildman–Crippen MR) is 39.4 cm³/mol. The monoisotopic (exact) mass is 131 g/mol. The van der Waals surface area contributed by atoms with E-state index in [4.69, 9.17) is 4.11 Å². The van der Waals surface area contributed by atoms with E-state index < -0.39 is 12.6 Å². The Morgan fingerprint density at radius 1 is 1.44 bits per heavy atom. The fourth-order valence-corrected chi connectivity index (χ4v) is 0.712. The van der Waals surface area contributed by atoms with E-state index >= 15 is 0 Å². The second-order valence-corrected chi connectivity index (χ2v) is 2.23. The smallest absolute Gasteiger partial charge is 0.129 e. The standard InChI is InChI=1S/C8H16O/c1-3-4-5-6-7-8(2)9/h3-7H2,1-2H3/i2D3. The van der Waals surface area contributed by atoms with Gasteiger partial charge >= 0.3 is 0 Å². The van der Waals surface area contributed by atoms with Crippen molar-refractivity contribution in [2.24, 2.45) is 0 Å². The van der Waals surface area contributed by atoms with Crippen molar-refractivity contribution in [3.63, 3.8) is 0 Å². The highest BCUT2D eigenvalue weighted by Gasteiger charge is 1.91. The minimum Gasteiger partial charge on any atom is -0.300 e. The molecule has 0 aromatic carbocycles. The highest BCUT2D eigenvalue weighted by atomic mass is 16.1. The van der Waals surface area contributed by atoms with E-state index in [1.165, 1.54) is 0 Å². The number of hydrogen-bond acceptors (Lipinski definition) is 1. The molecule has 0 amide bonds. The van der Waals surface area contributed by atoms with Gasteiger partial charge in [0.2, 0.25) is 0 Å². The Bertz CT molecular complexity index is 140. The molecule has 9 heavy (non-hydrogen) atoms. The molecule has 0 spiro atoms. The summed E-state index contributed by atoms with van der Waals surface area (Å²) in [5, 5.41) is 0. The van der Waals surface area contributed by atoms with Crippen molar-refractivity contribution in [1.82, 2.24) is 0 Å². The van der Waals surface area contributed by atoms with Crippen LogP contribution in [0.2, 0.25) is 0 Å². The van der Waals surface area contributed by atoms with Crippen LogP contribution in [0.5, 0.6) is 0 Å². The summed E-state index contributed by atoms with van der Waals surface area (Å²) in [6, 6.07) is 0. The molecule has 0 atom stereocenters. The fraction of sp³-hybridized carbons (Fsp3) is 0.875. The Labute approximate surface area is 61.7 Å². The van der Waals surface area contributed by atoms with Gasteiger partial charge in [-0.3, -0.25) is 0 Å². The summed E-state index contributed by atoms with van der Waals surface area (Å²) in [4.78, 5) is 10.9. The average Bonchev–Trinajstić information content (AvgIpc) is 1.96. The summed E-state index contributed by atoms with van der Waals surface area (Å²) >= 11 is 0. The second kappa shape index (κ2) is 5.80. The van der Waals surface area contributed by atoms with Crippen LogP contribution in [-0.2, 0) is 4.79 Å². The first-order chi connectivity index (χ1) is 5.48. The molecule has 0 rings (SSSR count). The average molecular weight is 131 g/mol. The molecule has 0 unspecified atom stereocenters. The maximum absolute atomic E-state index is 10.9. The van der Waals surface area contributed by atoms with Gasteiger partial charge in [0.1, 0.15) is 5.78 Å². The van der Waals surface area contributed by atoms with Crippen molar-refractivity contribution in [3.05, 3.63) is 0 Å². The molecule has 0 radical (unpaired) electrons. The first-order valence-electron chi connectivity index (χ1n) is 5.01. The number of Topliss-reactive ketones (excluding diaryl/α,β-unsaturated/α-hetero) is 1. The molecule has 0 aromatic heterocycles. The summed E-state index contributed by atoms with van der Waals surface area (Å²) < 4.78 is 20.4. The van der Waals surface area contributed by atoms with Crippen molar-refractivity contribution in [2.45, 2.75) is 45.9 Å². The van der Waals surface area contributed by atoms with E-state index in [-0.39, 0.29) is 6.42 Å². The number of carbonyl (C=O) groups is 1. The third kappa shape index (κ3) is 7.67. The van der Waals surface area contributed by atoms with Crippen LogP contribution in [0.25, 0.3) is 0 Å². The lowest BCUT2D eigenvalue weighted by Gasteiger charge is -1.93. The van der Waals surface area contributed by atoms with E-state index in [1.807, 2.05) is 0 Å². The van der Waals surface area contributed by atoms with E-state index in [0.29, 0.717) is 6.42 Å². The summed E-state index contributed by atoms with van der Waals surface area (Å²) in [5.41, 5.74) is 0. The van der Waals surface area contributed by atoms with Crippen LogP contribution in [0.15, 0.2) is 0 Å². The minimum atomic E-state index is -2.38. The molecule has 0 fully saturated rings. The predicted octanol–water partition coefficient (Wildman–Crippen LogP) is 2.55. The first kappa shape index (κ1) is 4.48. The van der Waals surface area contributed by atoms with Crippen LogP contribution in [0.1, 0.15) is 50.0 Å². The molecular weight excluding hydrogens is 112 g/mol. The Hall–Kier alpha value is -0.330. The Balaban J connectivity index is 3.45. The van der Waals surface area contributed by atoms with E-state index in [2.05, 4.69) is 6.92 Å². The minimum absolute atomic E-state index is 0.205. The molecule has 0 bridgehead atoms. The van der Waals surface area contributed by atoms with Gasteiger partial charge in [0.05, 0.1) is 0 Å². The quantitative estimate of drug-likeness (QED) is 0.524.